The van der Waals surface area contributed by atoms with Crippen LogP contribution >= 0.6 is 0 Å². The molecular weight excluding hydrogens is 447 g/mol. The molecule has 2 amide bonds. The maximum Gasteiger partial charge on any atom is 0.257 e. The number of carbonyl (C=O) groups excluding carboxylic acids is 2. The zero-order chi connectivity index (χ0) is 24.2. The van der Waals surface area contributed by atoms with Crippen molar-refractivity contribution in [3.63, 3.8) is 0 Å². The van der Waals surface area contributed by atoms with Crippen molar-refractivity contribution in [3.8, 4) is 11.5 Å². The molecule has 35 heavy (non-hydrogen) atoms. The fourth-order valence-corrected chi connectivity index (χ4v) is 4.21. The number of halogens is 1. The van der Waals surface area contributed by atoms with Gasteiger partial charge in [-0.05, 0) is 48.5 Å². The van der Waals surface area contributed by atoms with Gasteiger partial charge in [0.05, 0.1) is 18.4 Å². The summed E-state index contributed by atoms with van der Waals surface area (Å²) < 4.78 is 16.7. The van der Waals surface area contributed by atoms with Gasteiger partial charge in [-0.3, -0.25) is 9.59 Å². The van der Waals surface area contributed by atoms with E-state index < -0.39 is 5.91 Å². The lowest BCUT2D eigenvalue weighted by molar-refractivity contribution is -0.130. The first-order valence-electron chi connectivity index (χ1n) is 11.4. The standard InChI is InChI=1S/C26H25FN6O2/c27-20-8-10-22(11-9-20)33-26(32-12-4-5-13-32)23(18-29-33)25(35)28-19-24(34)31-16-14-30(15-17-31)21-6-2-1-3-7-21/h1-13,18H,14-17,19H2,(H,28,35). The first-order chi connectivity index (χ1) is 17.1. The van der Waals surface area contributed by atoms with Gasteiger partial charge in [-0.25, -0.2) is 9.07 Å². The predicted molar refractivity (Wildman–Crippen MR) is 130 cm³/mol. The Labute approximate surface area is 202 Å². The molecule has 3 heterocycles. The molecule has 9 heteroatoms. The highest BCUT2D eigenvalue weighted by Crippen LogP contribution is 2.20. The van der Waals surface area contributed by atoms with Gasteiger partial charge in [-0.2, -0.15) is 5.10 Å². The number of aromatic nitrogens is 3. The molecule has 1 aliphatic rings. The van der Waals surface area contributed by atoms with Crippen LogP contribution in [0.3, 0.4) is 0 Å². The van der Waals surface area contributed by atoms with Crippen LogP contribution in [0.25, 0.3) is 11.5 Å². The van der Waals surface area contributed by atoms with Crippen molar-refractivity contribution >= 4 is 17.5 Å². The van der Waals surface area contributed by atoms with Gasteiger partial charge in [-0.1, -0.05) is 18.2 Å². The minimum Gasteiger partial charge on any atom is -0.368 e. The lowest BCUT2D eigenvalue weighted by Crippen LogP contribution is -2.51. The van der Waals surface area contributed by atoms with Crippen molar-refractivity contribution in [1.29, 1.82) is 0 Å². The second kappa shape index (κ2) is 9.84. The maximum atomic E-state index is 13.4. The summed E-state index contributed by atoms with van der Waals surface area (Å²) in [6, 6.07) is 19.6. The Kier molecular flexibility index (Phi) is 6.30. The lowest BCUT2D eigenvalue weighted by atomic mass is 10.2. The molecule has 5 rings (SSSR count). The fraction of sp³-hybridized carbons (Fsp3) is 0.192. The molecule has 2 aromatic heterocycles. The van der Waals surface area contributed by atoms with Crippen molar-refractivity contribution in [3.05, 3.63) is 96.7 Å². The Hall–Kier alpha value is -4.40. The largest absolute Gasteiger partial charge is 0.368 e. The molecule has 0 bridgehead atoms. The smallest absolute Gasteiger partial charge is 0.257 e. The predicted octanol–water partition coefficient (Wildman–Crippen LogP) is 2.88. The molecule has 1 fully saturated rings. The number of amides is 2. The van der Waals surface area contributed by atoms with Gasteiger partial charge in [0.1, 0.15) is 11.4 Å². The Morgan fingerprint density at radius 1 is 0.857 bits per heavy atom. The second-order valence-electron chi connectivity index (χ2n) is 8.25. The molecule has 178 valence electrons. The van der Waals surface area contributed by atoms with Crippen LogP contribution in [0.4, 0.5) is 10.1 Å². The SMILES string of the molecule is O=C(NCC(=O)N1CCN(c2ccccc2)CC1)c1cnn(-c2ccc(F)cc2)c1-n1cccc1. The zero-order valence-electron chi connectivity index (χ0n) is 19.0. The number of para-hydroxylation sites is 1. The third-order valence-corrected chi connectivity index (χ3v) is 6.06. The van der Waals surface area contributed by atoms with E-state index in [4.69, 9.17) is 0 Å². The van der Waals surface area contributed by atoms with Gasteiger partial charge in [0.25, 0.3) is 5.91 Å². The molecule has 4 aromatic rings. The summed E-state index contributed by atoms with van der Waals surface area (Å²) in [5.41, 5.74) is 2.07. The van der Waals surface area contributed by atoms with Gasteiger partial charge in [0.15, 0.2) is 5.82 Å². The monoisotopic (exact) mass is 472 g/mol. The molecule has 0 atom stereocenters. The Bertz CT molecular complexity index is 1290. The number of carbonyl (C=O) groups is 2. The topological polar surface area (TPSA) is 75.4 Å². The van der Waals surface area contributed by atoms with Crippen LogP contribution in [0, 0.1) is 5.82 Å². The van der Waals surface area contributed by atoms with Crippen LogP contribution in [0.2, 0.25) is 0 Å². The van der Waals surface area contributed by atoms with Crippen LogP contribution in [0.5, 0.6) is 0 Å². The van der Waals surface area contributed by atoms with E-state index in [1.807, 2.05) is 30.3 Å². The number of anilines is 1. The highest BCUT2D eigenvalue weighted by Gasteiger charge is 2.24. The van der Waals surface area contributed by atoms with Crippen molar-refractivity contribution < 1.29 is 14.0 Å². The van der Waals surface area contributed by atoms with Crippen LogP contribution in [0.15, 0.2) is 85.3 Å². The molecule has 0 spiro atoms. The number of piperazine rings is 1. The quantitative estimate of drug-likeness (QED) is 0.468. The number of benzene rings is 2. The summed E-state index contributed by atoms with van der Waals surface area (Å²) in [6.07, 6.45) is 5.05. The first kappa shape index (κ1) is 22.4. The molecule has 0 unspecified atom stereocenters. The fourth-order valence-electron chi connectivity index (χ4n) is 4.21. The van der Waals surface area contributed by atoms with Gasteiger partial charge >= 0.3 is 0 Å². The summed E-state index contributed by atoms with van der Waals surface area (Å²) >= 11 is 0. The van der Waals surface area contributed by atoms with Crippen molar-refractivity contribution in [2.24, 2.45) is 0 Å². The molecule has 1 saturated heterocycles. The Balaban J connectivity index is 1.26. The summed E-state index contributed by atoms with van der Waals surface area (Å²) in [5.74, 6) is -0.384. The van der Waals surface area contributed by atoms with Crippen LogP contribution < -0.4 is 10.2 Å². The Morgan fingerprint density at radius 3 is 2.23 bits per heavy atom. The van der Waals surface area contributed by atoms with E-state index >= 15 is 0 Å². The van der Waals surface area contributed by atoms with Crippen LogP contribution in [-0.4, -0.2) is 63.8 Å². The molecule has 0 radical (unpaired) electrons. The average Bonchev–Trinajstić information content (AvgIpc) is 3.58. The lowest BCUT2D eigenvalue weighted by Gasteiger charge is -2.36. The van der Waals surface area contributed by atoms with Crippen molar-refractivity contribution in [2.75, 3.05) is 37.6 Å². The van der Waals surface area contributed by atoms with Crippen LogP contribution in [0.1, 0.15) is 10.4 Å². The van der Waals surface area contributed by atoms with Crippen molar-refractivity contribution in [2.45, 2.75) is 0 Å². The number of rotatable bonds is 6. The third-order valence-electron chi connectivity index (χ3n) is 6.06. The summed E-state index contributed by atoms with van der Waals surface area (Å²) in [7, 11) is 0. The number of hydrogen-bond donors (Lipinski definition) is 1. The van der Waals surface area contributed by atoms with E-state index in [1.165, 1.54) is 18.3 Å². The minimum absolute atomic E-state index is 0.100. The van der Waals surface area contributed by atoms with E-state index in [1.54, 1.807) is 38.7 Å². The van der Waals surface area contributed by atoms with Gasteiger partial charge < -0.3 is 19.7 Å². The van der Waals surface area contributed by atoms with Crippen LogP contribution in [-0.2, 0) is 4.79 Å². The first-order valence-corrected chi connectivity index (χ1v) is 11.4. The number of hydrogen-bond acceptors (Lipinski definition) is 4. The molecule has 8 nitrogen and oxygen atoms in total. The molecule has 1 N–H and O–H groups in total. The average molecular weight is 473 g/mol. The van der Waals surface area contributed by atoms with Crippen molar-refractivity contribution in [1.82, 2.24) is 24.6 Å². The summed E-state index contributed by atoms with van der Waals surface area (Å²) in [5, 5.41) is 7.10. The molecule has 2 aromatic carbocycles. The van der Waals surface area contributed by atoms with Gasteiger partial charge in [0, 0.05) is 44.3 Å². The van der Waals surface area contributed by atoms with Gasteiger partial charge in [0.2, 0.25) is 5.91 Å². The summed E-state index contributed by atoms with van der Waals surface area (Å²) in [6.45, 7) is 2.58. The highest BCUT2D eigenvalue weighted by atomic mass is 19.1. The van der Waals surface area contributed by atoms with E-state index in [0.717, 1.165) is 18.8 Å². The summed E-state index contributed by atoms with van der Waals surface area (Å²) in [4.78, 5) is 29.9. The second-order valence-corrected chi connectivity index (χ2v) is 8.25. The maximum absolute atomic E-state index is 13.4. The minimum atomic E-state index is -0.404. The van der Waals surface area contributed by atoms with E-state index in [0.29, 0.717) is 30.2 Å². The Morgan fingerprint density at radius 2 is 1.54 bits per heavy atom. The third kappa shape index (κ3) is 4.79. The number of nitrogens with one attached hydrogen (secondary N) is 1. The van der Waals surface area contributed by atoms with Gasteiger partial charge in [-0.15, -0.1) is 0 Å². The normalized spacial score (nSPS) is 13.6. The number of nitrogens with zero attached hydrogens (tertiary/aromatic N) is 5. The highest BCUT2D eigenvalue weighted by molar-refractivity contribution is 5.99. The van der Waals surface area contributed by atoms with E-state index in [2.05, 4.69) is 27.4 Å². The molecular formula is C26H25FN6O2. The molecule has 0 aliphatic carbocycles. The molecule has 1 aliphatic heterocycles. The van der Waals surface area contributed by atoms with E-state index in [-0.39, 0.29) is 18.3 Å². The zero-order valence-corrected chi connectivity index (χ0v) is 19.0. The van der Waals surface area contributed by atoms with E-state index in [9.17, 15) is 14.0 Å². The molecule has 0 saturated carbocycles.